The van der Waals surface area contributed by atoms with Crippen molar-refractivity contribution in [2.75, 3.05) is 19.6 Å². The molecule has 5 heteroatoms. The van der Waals surface area contributed by atoms with Crippen LogP contribution in [0, 0.1) is 0 Å². The van der Waals surface area contributed by atoms with E-state index < -0.39 is 9.84 Å². The van der Waals surface area contributed by atoms with Gasteiger partial charge >= 0.3 is 0 Å². The zero-order valence-electron chi connectivity index (χ0n) is 14.3. The predicted octanol–water partition coefficient (Wildman–Crippen LogP) is 3.26. The predicted molar refractivity (Wildman–Crippen MR) is 99.5 cm³/mol. The van der Waals surface area contributed by atoms with E-state index in [1.54, 1.807) is 0 Å². The van der Waals surface area contributed by atoms with Crippen molar-refractivity contribution in [2.45, 2.75) is 35.8 Å². The highest BCUT2D eigenvalue weighted by atomic mass is 32.2. The first-order valence-electron chi connectivity index (χ1n) is 8.85. The van der Waals surface area contributed by atoms with Gasteiger partial charge in [0.25, 0.3) is 0 Å². The molecule has 1 atom stereocenters. The third kappa shape index (κ3) is 4.61. The van der Waals surface area contributed by atoms with Crippen LogP contribution in [0.15, 0.2) is 59.5 Å². The fraction of sp³-hybridized carbons (Fsp3) is 0.400. The second-order valence-electron chi connectivity index (χ2n) is 6.69. The molecule has 1 N–H and O–H groups in total. The van der Waals surface area contributed by atoms with Crippen LogP contribution in [0.3, 0.4) is 0 Å². The first-order valence-corrected chi connectivity index (χ1v) is 10.4. The Morgan fingerprint density at radius 2 is 1.72 bits per heavy atom. The molecule has 1 heterocycles. The molecule has 0 aromatic heterocycles. The summed E-state index contributed by atoms with van der Waals surface area (Å²) < 4.78 is 25.4. The van der Waals surface area contributed by atoms with Crippen molar-refractivity contribution in [3.05, 3.63) is 60.2 Å². The number of hydrogen-bond donors (Lipinski definition) is 1. The zero-order valence-corrected chi connectivity index (χ0v) is 15.2. The molecular formula is C20H25NO3S. The van der Waals surface area contributed by atoms with E-state index in [1.165, 1.54) is 29.8 Å². The van der Waals surface area contributed by atoms with Crippen molar-refractivity contribution in [3.8, 4) is 5.75 Å². The van der Waals surface area contributed by atoms with Crippen LogP contribution in [0.2, 0.25) is 0 Å². The van der Waals surface area contributed by atoms with Crippen LogP contribution in [0.5, 0.6) is 5.75 Å². The summed E-state index contributed by atoms with van der Waals surface area (Å²) >= 11 is 0. The van der Waals surface area contributed by atoms with Crippen LogP contribution in [-0.2, 0) is 16.3 Å². The third-order valence-electron chi connectivity index (χ3n) is 4.87. The minimum atomic E-state index is -3.31. The minimum absolute atomic E-state index is 0.0883. The molecule has 25 heavy (non-hydrogen) atoms. The molecule has 0 bridgehead atoms. The van der Waals surface area contributed by atoms with Crippen LogP contribution < -0.4 is 0 Å². The van der Waals surface area contributed by atoms with Gasteiger partial charge < -0.3 is 10.0 Å². The Kier molecular flexibility index (Phi) is 5.76. The van der Waals surface area contributed by atoms with Gasteiger partial charge in [-0.1, -0.05) is 30.3 Å². The van der Waals surface area contributed by atoms with Crippen molar-refractivity contribution in [3.63, 3.8) is 0 Å². The van der Waals surface area contributed by atoms with E-state index in [-0.39, 0.29) is 11.0 Å². The summed E-state index contributed by atoms with van der Waals surface area (Å²) in [6.45, 7) is 2.40. The van der Waals surface area contributed by atoms with Gasteiger partial charge in [0.2, 0.25) is 0 Å². The summed E-state index contributed by atoms with van der Waals surface area (Å²) in [4.78, 5) is 2.56. The number of sulfone groups is 1. The number of aromatic hydroxyl groups is 1. The third-order valence-corrected chi connectivity index (χ3v) is 7.06. The molecule has 1 saturated heterocycles. The van der Waals surface area contributed by atoms with Gasteiger partial charge in [0.15, 0.2) is 9.84 Å². The fourth-order valence-corrected chi connectivity index (χ4v) is 5.11. The minimum Gasteiger partial charge on any atom is -0.508 e. The van der Waals surface area contributed by atoms with Gasteiger partial charge in [0.1, 0.15) is 5.75 Å². The Morgan fingerprint density at radius 1 is 1.00 bits per heavy atom. The molecule has 2 aromatic rings. The highest BCUT2D eigenvalue weighted by molar-refractivity contribution is 7.92. The highest BCUT2D eigenvalue weighted by Gasteiger charge is 2.33. The number of nitrogens with zero attached hydrogens (tertiary/aromatic N) is 1. The molecule has 0 radical (unpaired) electrons. The molecule has 1 aliphatic rings. The molecule has 2 aromatic carbocycles. The number of benzene rings is 2. The van der Waals surface area contributed by atoms with Crippen LogP contribution in [-0.4, -0.2) is 43.3 Å². The van der Waals surface area contributed by atoms with Crippen molar-refractivity contribution in [1.82, 2.24) is 4.90 Å². The first kappa shape index (κ1) is 18.0. The van der Waals surface area contributed by atoms with E-state index in [9.17, 15) is 13.5 Å². The number of unbranched alkanes of at least 4 members (excludes halogenated alkanes) is 1. The Bertz CT molecular complexity index is 772. The van der Waals surface area contributed by atoms with E-state index in [1.807, 2.05) is 6.07 Å². The zero-order chi connectivity index (χ0) is 17.7. The van der Waals surface area contributed by atoms with Gasteiger partial charge in [-0.05, 0) is 68.6 Å². The second-order valence-corrected chi connectivity index (χ2v) is 8.92. The molecule has 134 valence electrons. The Hall–Kier alpha value is -1.85. The second kappa shape index (κ2) is 8.02. The molecule has 0 spiro atoms. The first-order chi connectivity index (χ1) is 12.1. The topological polar surface area (TPSA) is 57.6 Å². The fourth-order valence-electron chi connectivity index (χ4n) is 3.39. The monoisotopic (exact) mass is 359 g/mol. The number of hydrogen-bond acceptors (Lipinski definition) is 4. The van der Waals surface area contributed by atoms with E-state index in [0.29, 0.717) is 17.9 Å². The van der Waals surface area contributed by atoms with Crippen LogP contribution >= 0.6 is 0 Å². The Morgan fingerprint density at radius 3 is 2.44 bits per heavy atom. The van der Waals surface area contributed by atoms with Gasteiger partial charge in [-0.15, -0.1) is 0 Å². The summed E-state index contributed by atoms with van der Waals surface area (Å²) in [7, 11) is -3.31. The van der Waals surface area contributed by atoms with Gasteiger partial charge in [-0.25, -0.2) is 8.42 Å². The molecule has 4 nitrogen and oxygen atoms in total. The maximum absolute atomic E-state index is 12.7. The van der Waals surface area contributed by atoms with E-state index >= 15 is 0 Å². The standard InChI is InChI=1S/C20H25NO3S/c22-18-9-11-19(12-10-18)25(23,24)20-13-15-21(16-20)14-5-4-8-17-6-2-1-3-7-17/h1-3,6-7,9-12,20,22H,4-5,8,13-16H2/t20-/m0/s1. The average molecular weight is 359 g/mol. The largest absolute Gasteiger partial charge is 0.508 e. The van der Waals surface area contributed by atoms with Gasteiger partial charge in [0.05, 0.1) is 10.1 Å². The summed E-state index contributed by atoms with van der Waals surface area (Å²) in [5.41, 5.74) is 1.36. The van der Waals surface area contributed by atoms with Crippen LogP contribution in [0.25, 0.3) is 0 Å². The number of phenols is 1. The lowest BCUT2D eigenvalue weighted by molar-refractivity contribution is 0.330. The molecule has 1 fully saturated rings. The summed E-state index contributed by atoms with van der Waals surface area (Å²) in [6, 6.07) is 16.3. The number of likely N-dealkylation sites (tertiary alicyclic amines) is 1. The molecule has 0 unspecified atom stereocenters. The van der Waals surface area contributed by atoms with Crippen LogP contribution in [0.4, 0.5) is 0 Å². The quantitative estimate of drug-likeness (QED) is 0.771. The lowest BCUT2D eigenvalue weighted by Crippen LogP contribution is -2.27. The average Bonchev–Trinajstić information content (AvgIpc) is 3.10. The molecular weight excluding hydrogens is 334 g/mol. The molecule has 3 rings (SSSR count). The van der Waals surface area contributed by atoms with Gasteiger partial charge in [0, 0.05) is 6.54 Å². The van der Waals surface area contributed by atoms with Crippen molar-refractivity contribution in [1.29, 1.82) is 0 Å². The van der Waals surface area contributed by atoms with E-state index in [2.05, 4.69) is 29.2 Å². The van der Waals surface area contributed by atoms with Crippen molar-refractivity contribution in [2.24, 2.45) is 0 Å². The maximum Gasteiger partial charge on any atom is 0.182 e. The number of rotatable bonds is 7. The molecule has 0 amide bonds. The molecule has 0 aliphatic carbocycles. The smallest absolute Gasteiger partial charge is 0.182 e. The Balaban J connectivity index is 1.47. The lowest BCUT2D eigenvalue weighted by Gasteiger charge is -2.16. The van der Waals surface area contributed by atoms with E-state index in [0.717, 1.165) is 32.4 Å². The summed E-state index contributed by atoms with van der Waals surface area (Å²) in [5, 5.41) is 8.99. The summed E-state index contributed by atoms with van der Waals surface area (Å²) in [6.07, 6.45) is 3.96. The van der Waals surface area contributed by atoms with Crippen molar-refractivity contribution < 1.29 is 13.5 Å². The molecule has 1 aliphatic heterocycles. The van der Waals surface area contributed by atoms with Gasteiger partial charge in [-0.3, -0.25) is 0 Å². The maximum atomic E-state index is 12.7. The highest BCUT2D eigenvalue weighted by Crippen LogP contribution is 2.25. The molecule has 0 saturated carbocycles. The lowest BCUT2D eigenvalue weighted by atomic mass is 10.1. The van der Waals surface area contributed by atoms with Crippen LogP contribution in [0.1, 0.15) is 24.8 Å². The van der Waals surface area contributed by atoms with Crippen molar-refractivity contribution >= 4 is 9.84 Å². The Labute approximate surface area is 150 Å². The van der Waals surface area contributed by atoms with E-state index in [4.69, 9.17) is 0 Å². The summed E-state index contributed by atoms with van der Waals surface area (Å²) in [5.74, 6) is 0.0883. The van der Waals surface area contributed by atoms with Gasteiger partial charge in [-0.2, -0.15) is 0 Å². The number of phenolic OH excluding ortho intramolecular Hbond substituents is 1. The normalized spacial score (nSPS) is 18.5. The number of aryl methyl sites for hydroxylation is 1. The SMILES string of the molecule is O=S(=O)(c1ccc(O)cc1)[C@H]1CCN(CCCCc2ccccc2)C1.